The average molecular weight is 465 g/mol. The normalized spacial score (nSPS) is 13.9. The molecule has 0 unspecified atom stereocenters. The summed E-state index contributed by atoms with van der Waals surface area (Å²) < 4.78 is 2.03. The highest BCUT2D eigenvalue weighted by atomic mass is 32.1. The van der Waals surface area contributed by atoms with Gasteiger partial charge in [-0.3, -0.25) is 19.0 Å². The van der Waals surface area contributed by atoms with Crippen molar-refractivity contribution in [1.29, 1.82) is 0 Å². The molecule has 1 N–H and O–H groups in total. The van der Waals surface area contributed by atoms with Gasteiger partial charge in [-0.2, -0.15) is 0 Å². The molecular formula is C25H28N4O3S. The van der Waals surface area contributed by atoms with Crippen LogP contribution in [0.1, 0.15) is 36.0 Å². The number of H-pyrrole nitrogens is 1. The van der Waals surface area contributed by atoms with Crippen LogP contribution >= 0.6 is 12.2 Å². The second-order valence-corrected chi connectivity index (χ2v) is 8.67. The van der Waals surface area contributed by atoms with Gasteiger partial charge in [0.1, 0.15) is 0 Å². The zero-order chi connectivity index (χ0) is 23.2. The number of hydrogen-bond acceptors (Lipinski definition) is 4. The third kappa shape index (κ3) is 5.39. The van der Waals surface area contributed by atoms with Gasteiger partial charge in [0.2, 0.25) is 5.91 Å². The average Bonchev–Trinajstić information content (AvgIpc) is 2.85. The Morgan fingerprint density at radius 2 is 1.52 bits per heavy atom. The minimum atomic E-state index is -0.0756. The van der Waals surface area contributed by atoms with Crippen LogP contribution in [0.2, 0.25) is 0 Å². The molecule has 0 radical (unpaired) electrons. The second-order valence-electron chi connectivity index (χ2n) is 8.28. The van der Waals surface area contributed by atoms with Crippen molar-refractivity contribution < 1.29 is 9.59 Å². The third-order valence-corrected chi connectivity index (χ3v) is 6.42. The minimum Gasteiger partial charge on any atom is -0.339 e. The van der Waals surface area contributed by atoms with Gasteiger partial charge in [-0.15, -0.1) is 0 Å². The van der Waals surface area contributed by atoms with E-state index in [1.807, 2.05) is 58.3 Å². The molecular weight excluding hydrogens is 436 g/mol. The summed E-state index contributed by atoms with van der Waals surface area (Å²) in [7, 11) is 0. The molecule has 4 rings (SSSR count). The number of para-hydroxylation sites is 1. The fourth-order valence-corrected chi connectivity index (χ4v) is 4.49. The summed E-state index contributed by atoms with van der Waals surface area (Å²) in [5, 5.41) is 0.631. The first-order chi connectivity index (χ1) is 16.0. The smallest absolute Gasteiger partial charge is 0.262 e. The van der Waals surface area contributed by atoms with E-state index in [0.717, 1.165) is 24.8 Å². The number of hydrogen-bond donors (Lipinski definition) is 1. The molecule has 1 fully saturated rings. The number of unbranched alkanes of at least 4 members (excludes halogenated alkanes) is 2. The highest BCUT2D eigenvalue weighted by molar-refractivity contribution is 7.71. The van der Waals surface area contributed by atoms with Crippen LogP contribution in [-0.4, -0.2) is 57.3 Å². The monoisotopic (exact) mass is 464 g/mol. The lowest BCUT2D eigenvalue weighted by Crippen LogP contribution is -2.50. The number of fused-ring (bicyclic) bond motifs is 1. The Bertz CT molecular complexity index is 1240. The number of aromatic nitrogens is 2. The number of aromatic amines is 1. The topological polar surface area (TPSA) is 78.4 Å². The van der Waals surface area contributed by atoms with Crippen LogP contribution in [-0.2, 0) is 11.3 Å². The van der Waals surface area contributed by atoms with E-state index in [1.54, 1.807) is 10.6 Å². The maximum absolute atomic E-state index is 12.7. The van der Waals surface area contributed by atoms with Crippen molar-refractivity contribution in [3.05, 3.63) is 75.3 Å². The molecule has 2 aromatic carbocycles. The van der Waals surface area contributed by atoms with Crippen LogP contribution in [0.4, 0.5) is 0 Å². The van der Waals surface area contributed by atoms with E-state index in [0.29, 0.717) is 54.9 Å². The molecule has 1 saturated heterocycles. The molecule has 2 heterocycles. The van der Waals surface area contributed by atoms with Gasteiger partial charge in [-0.25, -0.2) is 0 Å². The van der Waals surface area contributed by atoms with Gasteiger partial charge < -0.3 is 14.8 Å². The van der Waals surface area contributed by atoms with Crippen LogP contribution < -0.4 is 5.56 Å². The van der Waals surface area contributed by atoms with E-state index in [-0.39, 0.29) is 17.4 Å². The zero-order valence-electron chi connectivity index (χ0n) is 18.5. The quantitative estimate of drug-likeness (QED) is 0.428. The number of nitrogens with one attached hydrogen (secondary N) is 1. The minimum absolute atomic E-state index is 0.0185. The van der Waals surface area contributed by atoms with E-state index in [4.69, 9.17) is 12.2 Å². The number of nitrogens with zero attached hydrogens (tertiary/aromatic N) is 3. The molecule has 7 nitrogen and oxygen atoms in total. The maximum Gasteiger partial charge on any atom is 0.262 e. The van der Waals surface area contributed by atoms with Gasteiger partial charge in [0.15, 0.2) is 4.77 Å². The molecule has 0 spiro atoms. The SMILES string of the molecule is O=C(CCCCCn1c(=S)[nH]c2ccccc2c1=O)N1CCN(C(=O)c2ccccc2)CC1. The Hall–Kier alpha value is -3.26. The van der Waals surface area contributed by atoms with Crippen LogP contribution in [0.5, 0.6) is 0 Å². The van der Waals surface area contributed by atoms with Crippen molar-refractivity contribution in [3.8, 4) is 0 Å². The van der Waals surface area contributed by atoms with Gasteiger partial charge in [0.05, 0.1) is 10.9 Å². The van der Waals surface area contributed by atoms with E-state index in [2.05, 4.69) is 4.98 Å². The molecule has 0 atom stereocenters. The van der Waals surface area contributed by atoms with Gasteiger partial charge in [-0.05, 0) is 49.3 Å². The first-order valence-electron chi connectivity index (χ1n) is 11.4. The largest absolute Gasteiger partial charge is 0.339 e. The molecule has 2 amide bonds. The third-order valence-electron chi connectivity index (χ3n) is 6.10. The van der Waals surface area contributed by atoms with Gasteiger partial charge in [-0.1, -0.05) is 36.8 Å². The Morgan fingerprint density at radius 3 is 2.27 bits per heavy atom. The number of carbonyl (C=O) groups excluding carboxylic acids is 2. The van der Waals surface area contributed by atoms with Crippen LogP contribution in [0.15, 0.2) is 59.4 Å². The van der Waals surface area contributed by atoms with Gasteiger partial charge in [0.25, 0.3) is 11.5 Å². The molecule has 1 aliphatic heterocycles. The fraction of sp³-hybridized carbons (Fsp3) is 0.360. The van der Waals surface area contributed by atoms with Crippen molar-refractivity contribution in [2.24, 2.45) is 0 Å². The molecule has 0 aliphatic carbocycles. The molecule has 0 saturated carbocycles. The first-order valence-corrected chi connectivity index (χ1v) is 11.8. The lowest BCUT2D eigenvalue weighted by Gasteiger charge is -2.35. The number of carbonyl (C=O) groups is 2. The van der Waals surface area contributed by atoms with Gasteiger partial charge in [0, 0.05) is 44.7 Å². The van der Waals surface area contributed by atoms with Crippen LogP contribution in [0, 0.1) is 4.77 Å². The summed E-state index contributed by atoms with van der Waals surface area (Å²) in [6, 6.07) is 16.6. The molecule has 3 aromatic rings. The predicted octanol–water partition coefficient (Wildman–Crippen LogP) is 3.60. The van der Waals surface area contributed by atoms with Crippen molar-refractivity contribution >= 4 is 34.9 Å². The molecule has 33 heavy (non-hydrogen) atoms. The van der Waals surface area contributed by atoms with Crippen molar-refractivity contribution in [2.45, 2.75) is 32.2 Å². The lowest BCUT2D eigenvalue weighted by atomic mass is 10.1. The summed E-state index contributed by atoms with van der Waals surface area (Å²) >= 11 is 5.35. The van der Waals surface area contributed by atoms with Crippen LogP contribution in [0.3, 0.4) is 0 Å². The number of piperazine rings is 1. The highest BCUT2D eigenvalue weighted by Gasteiger charge is 2.24. The summed E-state index contributed by atoms with van der Waals surface area (Å²) in [4.78, 5) is 44.6. The van der Waals surface area contributed by atoms with Crippen molar-refractivity contribution in [2.75, 3.05) is 26.2 Å². The number of benzene rings is 2. The number of rotatable bonds is 7. The Balaban J connectivity index is 1.20. The first kappa shape index (κ1) is 22.9. The summed E-state index contributed by atoms with van der Waals surface area (Å²) in [5.41, 5.74) is 1.36. The predicted molar refractivity (Wildman–Crippen MR) is 131 cm³/mol. The van der Waals surface area contributed by atoms with E-state index in [1.165, 1.54) is 0 Å². The number of amides is 2. The Kier molecular flexibility index (Phi) is 7.34. The Morgan fingerprint density at radius 1 is 0.848 bits per heavy atom. The van der Waals surface area contributed by atoms with Gasteiger partial charge >= 0.3 is 0 Å². The molecule has 0 bridgehead atoms. The zero-order valence-corrected chi connectivity index (χ0v) is 19.4. The van der Waals surface area contributed by atoms with E-state index in [9.17, 15) is 14.4 Å². The van der Waals surface area contributed by atoms with Crippen molar-refractivity contribution in [3.63, 3.8) is 0 Å². The molecule has 1 aromatic heterocycles. The molecule has 1 aliphatic rings. The Labute approximate surface area is 197 Å². The maximum atomic E-state index is 12.7. The summed E-state index contributed by atoms with van der Waals surface area (Å²) in [6.07, 6.45) is 2.86. The van der Waals surface area contributed by atoms with Crippen molar-refractivity contribution in [1.82, 2.24) is 19.4 Å². The molecule has 8 heteroatoms. The highest BCUT2D eigenvalue weighted by Crippen LogP contribution is 2.12. The van der Waals surface area contributed by atoms with Crippen LogP contribution in [0.25, 0.3) is 10.9 Å². The second kappa shape index (κ2) is 10.6. The standard InChI is InChI=1S/C25H28N4O3S/c30-22(27-15-17-28(18-16-27)23(31)19-9-3-1-4-10-19)13-5-2-8-14-29-24(32)20-11-6-7-12-21(20)26-25(29)33/h1,3-4,6-7,9-12H,2,5,8,13-18H2,(H,26,33). The summed E-state index contributed by atoms with van der Waals surface area (Å²) in [5.74, 6) is 0.145. The van der Waals surface area contributed by atoms with E-state index < -0.39 is 0 Å². The lowest BCUT2D eigenvalue weighted by molar-refractivity contribution is -0.132. The molecule has 172 valence electrons. The fourth-order valence-electron chi connectivity index (χ4n) is 4.21. The summed E-state index contributed by atoms with van der Waals surface area (Å²) in [6.45, 7) is 2.79. The van der Waals surface area contributed by atoms with E-state index >= 15 is 0 Å².